The molecule has 0 radical (unpaired) electrons. The van der Waals surface area contributed by atoms with E-state index in [1.807, 2.05) is 13.8 Å². The van der Waals surface area contributed by atoms with Crippen LogP contribution in [0.5, 0.6) is 0 Å². The van der Waals surface area contributed by atoms with Gasteiger partial charge in [0, 0.05) is 31.4 Å². The topological polar surface area (TPSA) is 21.3 Å². The number of rotatable bonds is 6. The molecule has 2 atom stereocenters. The van der Waals surface area contributed by atoms with E-state index >= 15 is 0 Å². The van der Waals surface area contributed by atoms with Crippen molar-refractivity contribution < 1.29 is 13.5 Å². The first-order chi connectivity index (χ1) is 8.45. The normalized spacial score (nSPS) is 14.6. The van der Waals surface area contributed by atoms with Gasteiger partial charge in [-0.25, -0.2) is 8.78 Å². The molecule has 0 aliphatic rings. The lowest BCUT2D eigenvalue weighted by Crippen LogP contribution is -2.30. The van der Waals surface area contributed by atoms with Crippen molar-refractivity contribution in [3.05, 3.63) is 34.9 Å². The molecule has 0 spiro atoms. The summed E-state index contributed by atoms with van der Waals surface area (Å²) in [5.74, 6) is -0.738. The van der Waals surface area contributed by atoms with Crippen LogP contribution in [-0.2, 0) is 4.74 Å². The Kier molecular flexibility index (Phi) is 5.69. The standard InChI is InChI=1S/C14H21F2NO/c1-9-7-14(16)12(8-13(9)15)11(3)17-10(2)5-6-18-4/h7-8,10-11,17H,5-6H2,1-4H3. The highest BCUT2D eigenvalue weighted by Crippen LogP contribution is 2.21. The van der Waals surface area contributed by atoms with Crippen molar-refractivity contribution in [1.82, 2.24) is 5.32 Å². The second-order valence-electron chi connectivity index (χ2n) is 4.69. The third kappa shape index (κ3) is 4.03. The van der Waals surface area contributed by atoms with Gasteiger partial charge in [-0.3, -0.25) is 0 Å². The lowest BCUT2D eigenvalue weighted by atomic mass is 10.0. The number of methoxy groups -OCH3 is 1. The molecule has 2 unspecified atom stereocenters. The predicted octanol–water partition coefficient (Wildman–Crippen LogP) is 3.35. The largest absolute Gasteiger partial charge is 0.385 e. The summed E-state index contributed by atoms with van der Waals surface area (Å²) in [6.45, 7) is 6.03. The van der Waals surface area contributed by atoms with Gasteiger partial charge in [-0.05, 0) is 44.9 Å². The molecule has 2 nitrogen and oxygen atoms in total. The molecule has 0 amide bonds. The molecule has 0 aromatic heterocycles. The fourth-order valence-corrected chi connectivity index (χ4v) is 1.89. The monoisotopic (exact) mass is 257 g/mol. The molecule has 1 N–H and O–H groups in total. The highest BCUT2D eigenvalue weighted by molar-refractivity contribution is 5.27. The van der Waals surface area contributed by atoms with E-state index < -0.39 is 0 Å². The van der Waals surface area contributed by atoms with Crippen molar-refractivity contribution in [2.24, 2.45) is 0 Å². The summed E-state index contributed by atoms with van der Waals surface area (Å²) >= 11 is 0. The first kappa shape index (κ1) is 15.1. The van der Waals surface area contributed by atoms with Crippen molar-refractivity contribution in [1.29, 1.82) is 0 Å². The summed E-state index contributed by atoms with van der Waals surface area (Å²) in [5, 5.41) is 3.23. The van der Waals surface area contributed by atoms with E-state index in [-0.39, 0.29) is 23.7 Å². The quantitative estimate of drug-likeness (QED) is 0.844. The van der Waals surface area contributed by atoms with Crippen LogP contribution >= 0.6 is 0 Å². The Morgan fingerprint density at radius 1 is 1.22 bits per heavy atom. The fraction of sp³-hybridized carbons (Fsp3) is 0.571. The summed E-state index contributed by atoms with van der Waals surface area (Å²) in [6.07, 6.45) is 0.830. The average Bonchev–Trinajstić information content (AvgIpc) is 2.31. The minimum absolute atomic E-state index is 0.184. The molecule has 4 heteroatoms. The van der Waals surface area contributed by atoms with E-state index in [2.05, 4.69) is 5.32 Å². The molecule has 0 aliphatic heterocycles. The van der Waals surface area contributed by atoms with E-state index in [9.17, 15) is 8.78 Å². The minimum atomic E-state index is -0.371. The van der Waals surface area contributed by atoms with Crippen LogP contribution in [0.2, 0.25) is 0 Å². The maximum absolute atomic E-state index is 13.8. The Labute approximate surface area is 107 Å². The van der Waals surface area contributed by atoms with Gasteiger partial charge < -0.3 is 10.1 Å². The number of aryl methyl sites for hydroxylation is 1. The Balaban J connectivity index is 2.72. The summed E-state index contributed by atoms with van der Waals surface area (Å²) in [7, 11) is 1.64. The predicted molar refractivity (Wildman–Crippen MR) is 68.6 cm³/mol. The molecule has 1 aromatic rings. The highest BCUT2D eigenvalue weighted by Gasteiger charge is 2.15. The average molecular weight is 257 g/mol. The number of halogens is 2. The van der Waals surface area contributed by atoms with Crippen LogP contribution in [0.15, 0.2) is 12.1 Å². The van der Waals surface area contributed by atoms with Gasteiger partial charge >= 0.3 is 0 Å². The van der Waals surface area contributed by atoms with E-state index in [1.54, 1.807) is 14.0 Å². The molecule has 18 heavy (non-hydrogen) atoms. The van der Waals surface area contributed by atoms with E-state index in [0.29, 0.717) is 17.7 Å². The zero-order chi connectivity index (χ0) is 13.7. The Hall–Kier alpha value is -1.00. The van der Waals surface area contributed by atoms with Crippen molar-refractivity contribution >= 4 is 0 Å². The first-order valence-electron chi connectivity index (χ1n) is 6.16. The smallest absolute Gasteiger partial charge is 0.128 e. The lowest BCUT2D eigenvalue weighted by Gasteiger charge is -2.21. The first-order valence-corrected chi connectivity index (χ1v) is 6.16. The zero-order valence-electron chi connectivity index (χ0n) is 11.4. The number of ether oxygens (including phenoxy) is 1. The highest BCUT2D eigenvalue weighted by atomic mass is 19.1. The number of hydrogen-bond acceptors (Lipinski definition) is 2. The molecule has 102 valence electrons. The van der Waals surface area contributed by atoms with Crippen LogP contribution in [0.1, 0.15) is 37.4 Å². The molecule has 0 heterocycles. The third-order valence-electron chi connectivity index (χ3n) is 3.03. The minimum Gasteiger partial charge on any atom is -0.385 e. The molecule has 0 fully saturated rings. The SMILES string of the molecule is COCCC(C)NC(C)c1cc(F)c(C)cc1F. The van der Waals surface area contributed by atoms with Gasteiger partial charge in [-0.1, -0.05) is 0 Å². The maximum atomic E-state index is 13.8. The molecular weight excluding hydrogens is 236 g/mol. The van der Waals surface area contributed by atoms with Gasteiger partial charge in [0.1, 0.15) is 11.6 Å². The second-order valence-corrected chi connectivity index (χ2v) is 4.69. The van der Waals surface area contributed by atoms with Crippen molar-refractivity contribution in [2.45, 2.75) is 39.3 Å². The van der Waals surface area contributed by atoms with E-state index in [4.69, 9.17) is 4.74 Å². The fourth-order valence-electron chi connectivity index (χ4n) is 1.89. The van der Waals surface area contributed by atoms with Crippen LogP contribution in [0, 0.1) is 18.6 Å². The molecule has 0 aliphatic carbocycles. The number of hydrogen-bond donors (Lipinski definition) is 1. The van der Waals surface area contributed by atoms with Gasteiger partial charge in [0.2, 0.25) is 0 Å². The van der Waals surface area contributed by atoms with Crippen LogP contribution in [0.3, 0.4) is 0 Å². The summed E-state index contributed by atoms with van der Waals surface area (Å²) in [6, 6.07) is 2.46. The van der Waals surface area contributed by atoms with Crippen molar-refractivity contribution in [2.75, 3.05) is 13.7 Å². The number of benzene rings is 1. The van der Waals surface area contributed by atoms with Crippen LogP contribution < -0.4 is 5.32 Å². The van der Waals surface area contributed by atoms with Crippen LogP contribution in [-0.4, -0.2) is 19.8 Å². The molecule has 1 aromatic carbocycles. The van der Waals surface area contributed by atoms with Gasteiger partial charge in [0.15, 0.2) is 0 Å². The van der Waals surface area contributed by atoms with Crippen molar-refractivity contribution in [3.8, 4) is 0 Å². The molecule has 0 bridgehead atoms. The third-order valence-corrected chi connectivity index (χ3v) is 3.03. The van der Waals surface area contributed by atoms with Gasteiger partial charge in [-0.15, -0.1) is 0 Å². The summed E-state index contributed by atoms with van der Waals surface area (Å²) in [5.41, 5.74) is 0.693. The van der Waals surface area contributed by atoms with Crippen LogP contribution in [0.4, 0.5) is 8.78 Å². The molecular formula is C14H21F2NO. The van der Waals surface area contributed by atoms with Gasteiger partial charge in [0.25, 0.3) is 0 Å². The van der Waals surface area contributed by atoms with E-state index in [1.165, 1.54) is 12.1 Å². The van der Waals surface area contributed by atoms with Gasteiger partial charge in [-0.2, -0.15) is 0 Å². The summed E-state index contributed by atoms with van der Waals surface area (Å²) in [4.78, 5) is 0. The van der Waals surface area contributed by atoms with Crippen molar-refractivity contribution in [3.63, 3.8) is 0 Å². The zero-order valence-corrected chi connectivity index (χ0v) is 11.4. The second kappa shape index (κ2) is 6.81. The Morgan fingerprint density at radius 2 is 1.89 bits per heavy atom. The molecule has 1 rings (SSSR count). The lowest BCUT2D eigenvalue weighted by molar-refractivity contribution is 0.183. The maximum Gasteiger partial charge on any atom is 0.128 e. The van der Waals surface area contributed by atoms with Gasteiger partial charge in [0.05, 0.1) is 0 Å². The molecule has 0 saturated carbocycles. The van der Waals surface area contributed by atoms with Crippen LogP contribution in [0.25, 0.3) is 0 Å². The molecule has 0 saturated heterocycles. The Bertz CT molecular complexity index is 396. The Morgan fingerprint density at radius 3 is 2.50 bits per heavy atom. The summed E-state index contributed by atoms with van der Waals surface area (Å²) < 4.78 is 32.2. The number of nitrogens with one attached hydrogen (secondary N) is 1. The van der Waals surface area contributed by atoms with E-state index in [0.717, 1.165) is 6.42 Å².